The van der Waals surface area contributed by atoms with Gasteiger partial charge in [0.05, 0.1) is 13.2 Å². The van der Waals surface area contributed by atoms with Gasteiger partial charge in [-0.1, -0.05) is 6.07 Å². The SMILES string of the molecule is CCN(CC(=O)NC)c1cccc(F)c1CNCCOC. The summed E-state index contributed by atoms with van der Waals surface area (Å²) < 4.78 is 19.0. The van der Waals surface area contributed by atoms with Crippen molar-refractivity contribution in [2.75, 3.05) is 45.3 Å². The highest BCUT2D eigenvalue weighted by molar-refractivity contribution is 5.81. The van der Waals surface area contributed by atoms with Gasteiger partial charge in [0.15, 0.2) is 0 Å². The Hall–Kier alpha value is -1.66. The molecule has 0 bridgehead atoms. The molecule has 21 heavy (non-hydrogen) atoms. The molecule has 0 heterocycles. The maximum atomic E-state index is 14.1. The lowest BCUT2D eigenvalue weighted by molar-refractivity contribution is -0.119. The summed E-state index contributed by atoms with van der Waals surface area (Å²) in [5.74, 6) is -0.368. The molecule has 6 heteroatoms. The van der Waals surface area contributed by atoms with Crippen LogP contribution in [0.3, 0.4) is 0 Å². The van der Waals surface area contributed by atoms with Crippen molar-refractivity contribution in [2.45, 2.75) is 13.5 Å². The zero-order chi connectivity index (χ0) is 15.7. The number of methoxy groups -OCH3 is 1. The summed E-state index contributed by atoms with van der Waals surface area (Å²) in [7, 11) is 3.22. The molecule has 0 spiro atoms. The first-order valence-electron chi connectivity index (χ1n) is 7.06. The highest BCUT2D eigenvalue weighted by Gasteiger charge is 2.15. The molecule has 0 aliphatic carbocycles. The highest BCUT2D eigenvalue weighted by atomic mass is 19.1. The molecule has 1 amide bonds. The van der Waals surface area contributed by atoms with E-state index in [4.69, 9.17) is 4.74 Å². The molecule has 0 saturated heterocycles. The Balaban J connectivity index is 2.88. The third-order valence-electron chi connectivity index (χ3n) is 3.21. The summed E-state index contributed by atoms with van der Waals surface area (Å²) in [6.07, 6.45) is 0. The van der Waals surface area contributed by atoms with Crippen LogP contribution >= 0.6 is 0 Å². The van der Waals surface area contributed by atoms with Crippen LogP contribution < -0.4 is 15.5 Å². The normalized spacial score (nSPS) is 10.5. The van der Waals surface area contributed by atoms with Gasteiger partial charge in [0.2, 0.25) is 5.91 Å². The smallest absolute Gasteiger partial charge is 0.239 e. The van der Waals surface area contributed by atoms with Crippen LogP contribution in [-0.2, 0) is 16.1 Å². The first kappa shape index (κ1) is 17.4. The Morgan fingerprint density at radius 3 is 2.81 bits per heavy atom. The molecule has 0 radical (unpaired) electrons. The largest absolute Gasteiger partial charge is 0.383 e. The number of likely N-dealkylation sites (N-methyl/N-ethyl adjacent to an activating group) is 2. The zero-order valence-electron chi connectivity index (χ0n) is 12.9. The molecular formula is C15H24FN3O2. The minimum absolute atomic E-state index is 0.0978. The molecule has 0 atom stereocenters. The van der Waals surface area contributed by atoms with E-state index in [0.29, 0.717) is 31.8 Å². The fourth-order valence-corrected chi connectivity index (χ4v) is 2.03. The van der Waals surface area contributed by atoms with Crippen LogP contribution in [0.25, 0.3) is 0 Å². The van der Waals surface area contributed by atoms with Gasteiger partial charge in [-0.15, -0.1) is 0 Å². The van der Waals surface area contributed by atoms with Gasteiger partial charge in [-0.05, 0) is 19.1 Å². The third kappa shape index (κ3) is 5.32. The van der Waals surface area contributed by atoms with E-state index in [1.54, 1.807) is 20.2 Å². The Morgan fingerprint density at radius 2 is 2.19 bits per heavy atom. The van der Waals surface area contributed by atoms with Crippen LogP contribution in [0.5, 0.6) is 0 Å². The van der Waals surface area contributed by atoms with Gasteiger partial charge in [0, 0.05) is 45.0 Å². The minimum atomic E-state index is -0.271. The van der Waals surface area contributed by atoms with Crippen molar-refractivity contribution in [1.29, 1.82) is 0 Å². The van der Waals surface area contributed by atoms with Gasteiger partial charge < -0.3 is 20.3 Å². The quantitative estimate of drug-likeness (QED) is 0.671. The topological polar surface area (TPSA) is 53.6 Å². The number of benzene rings is 1. The second-order valence-electron chi connectivity index (χ2n) is 4.59. The van der Waals surface area contributed by atoms with Gasteiger partial charge in [-0.3, -0.25) is 4.79 Å². The molecule has 2 N–H and O–H groups in total. The van der Waals surface area contributed by atoms with Gasteiger partial charge in [0.25, 0.3) is 0 Å². The molecule has 1 aromatic carbocycles. The summed E-state index contributed by atoms with van der Waals surface area (Å²) in [6, 6.07) is 4.93. The first-order valence-corrected chi connectivity index (χ1v) is 7.06. The lowest BCUT2D eigenvalue weighted by Crippen LogP contribution is -2.36. The van der Waals surface area contributed by atoms with E-state index >= 15 is 0 Å². The van der Waals surface area contributed by atoms with E-state index in [9.17, 15) is 9.18 Å². The van der Waals surface area contributed by atoms with Crippen molar-refractivity contribution in [1.82, 2.24) is 10.6 Å². The minimum Gasteiger partial charge on any atom is -0.383 e. The number of rotatable bonds is 9. The zero-order valence-corrected chi connectivity index (χ0v) is 12.9. The Morgan fingerprint density at radius 1 is 1.43 bits per heavy atom. The highest BCUT2D eigenvalue weighted by Crippen LogP contribution is 2.23. The summed E-state index contributed by atoms with van der Waals surface area (Å²) in [5.41, 5.74) is 1.31. The fourth-order valence-electron chi connectivity index (χ4n) is 2.03. The van der Waals surface area contributed by atoms with Crippen LogP contribution in [0.4, 0.5) is 10.1 Å². The first-order chi connectivity index (χ1) is 10.1. The third-order valence-corrected chi connectivity index (χ3v) is 3.21. The summed E-state index contributed by atoms with van der Waals surface area (Å²) >= 11 is 0. The molecule has 0 aliphatic rings. The average Bonchev–Trinajstić information content (AvgIpc) is 2.50. The van der Waals surface area contributed by atoms with Crippen molar-refractivity contribution >= 4 is 11.6 Å². The second-order valence-corrected chi connectivity index (χ2v) is 4.59. The summed E-state index contributed by atoms with van der Waals surface area (Å²) in [4.78, 5) is 13.4. The molecule has 0 saturated carbocycles. The van der Waals surface area contributed by atoms with Crippen molar-refractivity contribution in [3.05, 3.63) is 29.6 Å². The predicted octanol–water partition coefficient (Wildman–Crippen LogP) is 1.13. The Kier molecular flexibility index (Phi) is 7.71. The van der Waals surface area contributed by atoms with E-state index < -0.39 is 0 Å². The van der Waals surface area contributed by atoms with E-state index in [0.717, 1.165) is 5.69 Å². The van der Waals surface area contributed by atoms with Crippen LogP contribution in [0.15, 0.2) is 18.2 Å². The van der Waals surface area contributed by atoms with Crippen molar-refractivity contribution in [3.63, 3.8) is 0 Å². The number of halogens is 1. The molecule has 0 aliphatic heterocycles. The van der Waals surface area contributed by atoms with Crippen LogP contribution in [0.2, 0.25) is 0 Å². The average molecular weight is 297 g/mol. The molecule has 5 nitrogen and oxygen atoms in total. The van der Waals surface area contributed by atoms with E-state index in [2.05, 4.69) is 10.6 Å². The van der Waals surface area contributed by atoms with Crippen LogP contribution in [0, 0.1) is 5.82 Å². The number of carbonyl (C=O) groups excluding carboxylic acids is 1. The van der Waals surface area contributed by atoms with Crippen molar-refractivity contribution in [3.8, 4) is 0 Å². The molecule has 1 aromatic rings. The standard InChI is InChI=1S/C15H24FN3O2/c1-4-19(11-15(20)17-2)14-7-5-6-13(16)12(14)10-18-8-9-21-3/h5-7,18H,4,8-11H2,1-3H3,(H,17,20). The van der Waals surface area contributed by atoms with E-state index in [1.807, 2.05) is 17.9 Å². The number of nitrogens with one attached hydrogen (secondary N) is 2. The molecule has 0 aromatic heterocycles. The number of amides is 1. The molecular weight excluding hydrogens is 273 g/mol. The van der Waals surface area contributed by atoms with Gasteiger partial charge in [-0.2, -0.15) is 0 Å². The van der Waals surface area contributed by atoms with E-state index in [1.165, 1.54) is 6.07 Å². The number of ether oxygens (including phenoxy) is 1. The number of nitrogens with zero attached hydrogens (tertiary/aromatic N) is 1. The Labute approximate surface area is 125 Å². The summed E-state index contributed by atoms with van der Waals surface area (Å²) in [6.45, 7) is 4.39. The lowest BCUT2D eigenvalue weighted by Gasteiger charge is -2.25. The summed E-state index contributed by atoms with van der Waals surface area (Å²) in [5, 5.41) is 5.72. The predicted molar refractivity (Wildman–Crippen MR) is 81.9 cm³/mol. The molecule has 0 fully saturated rings. The van der Waals surface area contributed by atoms with Gasteiger partial charge >= 0.3 is 0 Å². The van der Waals surface area contributed by atoms with Gasteiger partial charge in [0.1, 0.15) is 5.82 Å². The monoisotopic (exact) mass is 297 g/mol. The van der Waals surface area contributed by atoms with E-state index in [-0.39, 0.29) is 18.3 Å². The fraction of sp³-hybridized carbons (Fsp3) is 0.533. The molecule has 118 valence electrons. The second kappa shape index (κ2) is 9.31. The number of hydrogen-bond acceptors (Lipinski definition) is 4. The van der Waals surface area contributed by atoms with Crippen LogP contribution in [-0.4, -0.2) is 46.3 Å². The number of hydrogen-bond donors (Lipinski definition) is 2. The van der Waals surface area contributed by atoms with Gasteiger partial charge in [-0.25, -0.2) is 4.39 Å². The lowest BCUT2D eigenvalue weighted by atomic mass is 10.1. The number of carbonyl (C=O) groups is 1. The van der Waals surface area contributed by atoms with Crippen LogP contribution in [0.1, 0.15) is 12.5 Å². The number of anilines is 1. The Bertz CT molecular complexity index is 455. The maximum Gasteiger partial charge on any atom is 0.239 e. The van der Waals surface area contributed by atoms with Crippen molar-refractivity contribution in [2.24, 2.45) is 0 Å². The molecule has 1 rings (SSSR count). The van der Waals surface area contributed by atoms with Crippen molar-refractivity contribution < 1.29 is 13.9 Å². The molecule has 0 unspecified atom stereocenters. The maximum absolute atomic E-state index is 14.1.